The number of aromatic nitrogens is 2. The van der Waals surface area contributed by atoms with E-state index in [1.54, 1.807) is 6.92 Å². The number of hydrogen-bond acceptors (Lipinski definition) is 5. The first-order valence-corrected chi connectivity index (χ1v) is 8.08. The van der Waals surface area contributed by atoms with Gasteiger partial charge < -0.3 is 10.4 Å². The Kier molecular flexibility index (Phi) is 5.62. The van der Waals surface area contributed by atoms with E-state index in [4.69, 9.17) is 0 Å². The summed E-state index contributed by atoms with van der Waals surface area (Å²) < 4.78 is 12.9. The van der Waals surface area contributed by atoms with E-state index in [0.29, 0.717) is 10.7 Å². The number of carbonyl (C=O) groups excluding carboxylic acids is 1. The number of anilines is 1. The molecule has 1 unspecified atom stereocenters. The molecule has 0 radical (unpaired) electrons. The molecule has 8 heteroatoms. The standard InChI is InChI=1S/C15H19FN4O2S/c1-3-4-12-19-20-14(23-12)18-13(21)17-9-15(2,22)10-5-7-11(16)8-6-10/h5-8,22H,3-4,9H2,1-2H3,(H2,17,18,20,21). The van der Waals surface area contributed by atoms with Crippen LogP contribution in [0, 0.1) is 5.82 Å². The summed E-state index contributed by atoms with van der Waals surface area (Å²) >= 11 is 1.32. The highest BCUT2D eigenvalue weighted by Gasteiger charge is 2.24. The van der Waals surface area contributed by atoms with Crippen LogP contribution in [0.2, 0.25) is 0 Å². The van der Waals surface area contributed by atoms with Crippen molar-refractivity contribution < 1.29 is 14.3 Å². The molecule has 1 heterocycles. The summed E-state index contributed by atoms with van der Waals surface area (Å²) in [4.78, 5) is 11.9. The zero-order chi connectivity index (χ0) is 16.9. The van der Waals surface area contributed by atoms with Crippen LogP contribution in [0.15, 0.2) is 24.3 Å². The first kappa shape index (κ1) is 17.3. The van der Waals surface area contributed by atoms with Gasteiger partial charge in [0.2, 0.25) is 5.13 Å². The van der Waals surface area contributed by atoms with Crippen molar-refractivity contribution >= 4 is 22.5 Å². The van der Waals surface area contributed by atoms with Gasteiger partial charge in [-0.1, -0.05) is 30.4 Å². The molecule has 0 saturated heterocycles. The molecule has 1 atom stereocenters. The van der Waals surface area contributed by atoms with Gasteiger partial charge in [-0.05, 0) is 31.0 Å². The Morgan fingerprint density at radius 2 is 2.04 bits per heavy atom. The summed E-state index contributed by atoms with van der Waals surface area (Å²) in [6.45, 7) is 3.56. The predicted octanol–water partition coefficient (Wildman–Crippen LogP) is 2.66. The Bertz CT molecular complexity index is 658. The fraction of sp³-hybridized carbons (Fsp3) is 0.400. The van der Waals surface area contributed by atoms with E-state index >= 15 is 0 Å². The van der Waals surface area contributed by atoms with E-state index in [1.807, 2.05) is 6.92 Å². The average molecular weight is 338 g/mol. The second-order valence-corrected chi connectivity index (χ2v) is 6.40. The van der Waals surface area contributed by atoms with Crippen LogP contribution in [0.5, 0.6) is 0 Å². The van der Waals surface area contributed by atoms with Crippen molar-refractivity contribution in [3.05, 3.63) is 40.7 Å². The average Bonchev–Trinajstić information content (AvgIpc) is 2.93. The fourth-order valence-corrected chi connectivity index (χ4v) is 2.76. The van der Waals surface area contributed by atoms with Crippen LogP contribution in [0.1, 0.15) is 30.8 Å². The lowest BCUT2D eigenvalue weighted by molar-refractivity contribution is 0.0599. The molecule has 0 aliphatic heterocycles. The molecule has 2 aromatic rings. The molecule has 0 aliphatic carbocycles. The van der Waals surface area contributed by atoms with E-state index in [2.05, 4.69) is 20.8 Å². The molecule has 1 aromatic heterocycles. The maximum atomic E-state index is 12.9. The molecule has 0 spiro atoms. The molecule has 0 aliphatic rings. The molecular formula is C15H19FN4O2S. The maximum absolute atomic E-state index is 12.9. The number of rotatable bonds is 6. The summed E-state index contributed by atoms with van der Waals surface area (Å²) in [5, 5.41) is 24.6. The Balaban J connectivity index is 1.88. The lowest BCUT2D eigenvalue weighted by Crippen LogP contribution is -2.40. The molecular weight excluding hydrogens is 319 g/mol. The van der Waals surface area contributed by atoms with Crippen molar-refractivity contribution in [3.63, 3.8) is 0 Å². The van der Waals surface area contributed by atoms with Crippen LogP contribution in [0.25, 0.3) is 0 Å². The maximum Gasteiger partial charge on any atom is 0.321 e. The van der Waals surface area contributed by atoms with Crippen molar-refractivity contribution in [1.82, 2.24) is 15.5 Å². The number of aliphatic hydroxyl groups is 1. The highest BCUT2D eigenvalue weighted by Crippen LogP contribution is 2.20. The fourth-order valence-electron chi connectivity index (χ4n) is 1.92. The molecule has 1 aromatic carbocycles. The summed E-state index contributed by atoms with van der Waals surface area (Å²) in [6.07, 6.45) is 1.78. The Morgan fingerprint density at radius 3 is 2.70 bits per heavy atom. The first-order chi connectivity index (χ1) is 10.9. The quantitative estimate of drug-likeness (QED) is 0.756. The summed E-state index contributed by atoms with van der Waals surface area (Å²) in [5.41, 5.74) is -0.792. The zero-order valence-corrected chi connectivity index (χ0v) is 13.8. The summed E-state index contributed by atoms with van der Waals surface area (Å²) in [7, 11) is 0. The molecule has 2 amide bonds. The smallest absolute Gasteiger partial charge is 0.321 e. The van der Waals surface area contributed by atoms with Crippen molar-refractivity contribution in [2.24, 2.45) is 0 Å². The van der Waals surface area contributed by atoms with Crippen LogP contribution >= 0.6 is 11.3 Å². The third-order valence-electron chi connectivity index (χ3n) is 3.21. The van der Waals surface area contributed by atoms with Crippen molar-refractivity contribution in [2.75, 3.05) is 11.9 Å². The highest BCUT2D eigenvalue weighted by atomic mass is 32.1. The number of urea groups is 1. The van der Waals surface area contributed by atoms with E-state index in [9.17, 15) is 14.3 Å². The molecule has 0 saturated carbocycles. The normalized spacial score (nSPS) is 13.4. The number of nitrogens with one attached hydrogen (secondary N) is 2. The first-order valence-electron chi connectivity index (χ1n) is 7.26. The van der Waals surface area contributed by atoms with Gasteiger partial charge in [0.1, 0.15) is 16.4 Å². The second kappa shape index (κ2) is 7.47. The minimum absolute atomic E-state index is 0.0227. The number of nitrogens with zero attached hydrogens (tertiary/aromatic N) is 2. The molecule has 0 fully saturated rings. The molecule has 23 heavy (non-hydrogen) atoms. The van der Waals surface area contributed by atoms with Gasteiger partial charge in [0.05, 0.1) is 6.54 Å². The largest absolute Gasteiger partial charge is 0.384 e. The second-order valence-electron chi connectivity index (χ2n) is 5.34. The highest BCUT2D eigenvalue weighted by molar-refractivity contribution is 7.15. The molecule has 0 bridgehead atoms. The zero-order valence-electron chi connectivity index (χ0n) is 13.0. The van der Waals surface area contributed by atoms with Crippen LogP contribution < -0.4 is 10.6 Å². The molecule has 6 nitrogen and oxygen atoms in total. The van der Waals surface area contributed by atoms with Gasteiger partial charge in [-0.2, -0.15) is 0 Å². The molecule has 2 rings (SSSR count). The lowest BCUT2D eigenvalue weighted by atomic mass is 9.96. The minimum Gasteiger partial charge on any atom is -0.384 e. The van der Waals surface area contributed by atoms with Gasteiger partial charge >= 0.3 is 6.03 Å². The van der Waals surface area contributed by atoms with Crippen LogP contribution in [-0.4, -0.2) is 27.9 Å². The van der Waals surface area contributed by atoms with Crippen LogP contribution in [-0.2, 0) is 12.0 Å². The summed E-state index contributed by atoms with van der Waals surface area (Å²) in [5.74, 6) is -0.380. The molecule has 3 N–H and O–H groups in total. The van der Waals surface area contributed by atoms with Crippen LogP contribution in [0.4, 0.5) is 14.3 Å². The molecule has 124 valence electrons. The van der Waals surface area contributed by atoms with Crippen molar-refractivity contribution in [2.45, 2.75) is 32.3 Å². The predicted molar refractivity (Wildman–Crippen MR) is 86.9 cm³/mol. The topological polar surface area (TPSA) is 87.1 Å². The van der Waals surface area contributed by atoms with Gasteiger partial charge in [-0.3, -0.25) is 5.32 Å². The van der Waals surface area contributed by atoms with Gasteiger partial charge in [0.25, 0.3) is 0 Å². The van der Waals surface area contributed by atoms with E-state index in [1.165, 1.54) is 35.6 Å². The van der Waals surface area contributed by atoms with E-state index < -0.39 is 11.6 Å². The van der Waals surface area contributed by atoms with E-state index in [0.717, 1.165) is 17.8 Å². The number of benzene rings is 1. The number of hydrogen-bond donors (Lipinski definition) is 3. The van der Waals surface area contributed by atoms with E-state index in [-0.39, 0.29) is 12.4 Å². The number of halogens is 1. The van der Waals surface area contributed by atoms with Gasteiger partial charge in [-0.25, -0.2) is 9.18 Å². The summed E-state index contributed by atoms with van der Waals surface area (Å²) in [6, 6.07) is 5.01. The Morgan fingerprint density at radius 1 is 1.35 bits per heavy atom. The Hall–Kier alpha value is -2.06. The van der Waals surface area contributed by atoms with Gasteiger partial charge in [-0.15, -0.1) is 10.2 Å². The monoisotopic (exact) mass is 338 g/mol. The number of amides is 2. The van der Waals surface area contributed by atoms with Crippen LogP contribution in [0.3, 0.4) is 0 Å². The Labute approximate surface area is 137 Å². The minimum atomic E-state index is -1.31. The van der Waals surface area contributed by atoms with Crippen molar-refractivity contribution in [1.29, 1.82) is 0 Å². The number of aryl methyl sites for hydroxylation is 1. The lowest BCUT2D eigenvalue weighted by Gasteiger charge is -2.24. The third-order valence-corrected chi connectivity index (χ3v) is 4.11. The van der Waals surface area contributed by atoms with Crippen molar-refractivity contribution in [3.8, 4) is 0 Å². The third kappa shape index (κ3) is 4.97. The SMILES string of the molecule is CCCc1nnc(NC(=O)NCC(C)(O)c2ccc(F)cc2)s1. The van der Waals surface area contributed by atoms with Gasteiger partial charge in [0.15, 0.2) is 0 Å². The number of carbonyl (C=O) groups is 1. The van der Waals surface area contributed by atoms with Gasteiger partial charge in [0, 0.05) is 6.42 Å².